The summed E-state index contributed by atoms with van der Waals surface area (Å²) in [6.07, 6.45) is 7.76. The maximum atomic E-state index is 11.7. The molecule has 0 saturated carbocycles. The van der Waals surface area contributed by atoms with E-state index in [0.29, 0.717) is 11.9 Å². The van der Waals surface area contributed by atoms with Gasteiger partial charge in [0.1, 0.15) is 5.82 Å². The van der Waals surface area contributed by atoms with E-state index in [2.05, 4.69) is 24.4 Å². The number of carbonyl (C=O) groups is 1. The molecule has 8 nitrogen and oxygen atoms in total. The van der Waals surface area contributed by atoms with Crippen LogP contribution >= 0.6 is 0 Å². The molecule has 0 bridgehead atoms. The maximum absolute atomic E-state index is 11.7. The number of nitrogen functional groups attached to an aromatic ring is 1. The third kappa shape index (κ3) is 3.58. The van der Waals surface area contributed by atoms with Crippen LogP contribution in [0, 0.1) is 5.92 Å². The van der Waals surface area contributed by atoms with Crippen LogP contribution in [0.4, 0.5) is 11.8 Å². The molecule has 0 aromatic carbocycles. The van der Waals surface area contributed by atoms with E-state index in [1.807, 2.05) is 12.5 Å². The number of rotatable bonds is 4. The second kappa shape index (κ2) is 6.64. The van der Waals surface area contributed by atoms with Crippen molar-refractivity contribution in [2.75, 3.05) is 30.8 Å². The van der Waals surface area contributed by atoms with Crippen molar-refractivity contribution in [2.45, 2.75) is 19.4 Å². The Morgan fingerprint density at radius 3 is 3.09 bits per heavy atom. The average molecular weight is 316 g/mol. The lowest BCUT2D eigenvalue weighted by molar-refractivity contribution is 0.0594. The summed E-state index contributed by atoms with van der Waals surface area (Å²) in [5.41, 5.74) is 5.99. The third-order valence-electron chi connectivity index (χ3n) is 3.96. The van der Waals surface area contributed by atoms with Gasteiger partial charge in [-0.25, -0.2) is 14.8 Å². The molecule has 0 amide bonds. The van der Waals surface area contributed by atoms with Gasteiger partial charge in [-0.3, -0.25) is 0 Å². The van der Waals surface area contributed by atoms with Gasteiger partial charge in [0.15, 0.2) is 5.69 Å². The summed E-state index contributed by atoms with van der Waals surface area (Å²) in [4.78, 5) is 26.4. The summed E-state index contributed by atoms with van der Waals surface area (Å²) in [5, 5.41) is 0. The minimum absolute atomic E-state index is 0.187. The van der Waals surface area contributed by atoms with Crippen LogP contribution in [0.3, 0.4) is 0 Å². The van der Waals surface area contributed by atoms with Crippen molar-refractivity contribution in [2.24, 2.45) is 5.92 Å². The minimum atomic E-state index is -0.507. The Balaban J connectivity index is 1.75. The molecule has 2 aromatic heterocycles. The van der Waals surface area contributed by atoms with Crippen LogP contribution in [-0.2, 0) is 11.3 Å². The van der Waals surface area contributed by atoms with Gasteiger partial charge >= 0.3 is 5.97 Å². The van der Waals surface area contributed by atoms with Crippen LogP contribution in [0.15, 0.2) is 24.8 Å². The van der Waals surface area contributed by atoms with Crippen LogP contribution in [0.25, 0.3) is 0 Å². The molecule has 0 radical (unpaired) electrons. The summed E-state index contributed by atoms with van der Waals surface area (Å²) in [5.74, 6) is 0.727. The highest BCUT2D eigenvalue weighted by Gasteiger charge is 2.23. The Labute approximate surface area is 134 Å². The molecule has 122 valence electrons. The van der Waals surface area contributed by atoms with E-state index in [1.54, 1.807) is 6.20 Å². The van der Waals surface area contributed by atoms with Crippen molar-refractivity contribution in [3.05, 3.63) is 30.5 Å². The van der Waals surface area contributed by atoms with Crippen molar-refractivity contribution in [1.82, 2.24) is 19.5 Å². The number of nitrogens with two attached hydrogens (primary N) is 1. The average Bonchev–Trinajstić information content (AvgIpc) is 3.06. The Bertz CT molecular complexity index is 673. The van der Waals surface area contributed by atoms with Gasteiger partial charge < -0.3 is 19.9 Å². The first-order valence-corrected chi connectivity index (χ1v) is 7.59. The lowest BCUT2D eigenvalue weighted by Crippen LogP contribution is -2.38. The topological polar surface area (TPSA) is 99.2 Å². The van der Waals surface area contributed by atoms with Gasteiger partial charge in [-0.1, -0.05) is 0 Å². The normalized spacial score (nSPS) is 18.0. The molecular weight excluding hydrogens is 296 g/mol. The van der Waals surface area contributed by atoms with Gasteiger partial charge in [0, 0.05) is 38.1 Å². The molecule has 1 saturated heterocycles. The highest BCUT2D eigenvalue weighted by Crippen LogP contribution is 2.22. The zero-order valence-electron chi connectivity index (χ0n) is 13.1. The van der Waals surface area contributed by atoms with Gasteiger partial charge in [-0.05, 0) is 18.8 Å². The molecule has 3 rings (SSSR count). The number of esters is 1. The van der Waals surface area contributed by atoms with Gasteiger partial charge in [0.25, 0.3) is 0 Å². The van der Waals surface area contributed by atoms with Crippen LogP contribution < -0.4 is 10.6 Å². The predicted molar refractivity (Wildman–Crippen MR) is 84.9 cm³/mol. The number of piperidine rings is 1. The number of carbonyl (C=O) groups excluding carboxylic acids is 1. The maximum Gasteiger partial charge on any atom is 0.356 e. The summed E-state index contributed by atoms with van der Waals surface area (Å²) in [6, 6.07) is 1.43. The van der Waals surface area contributed by atoms with Crippen LogP contribution in [0.5, 0.6) is 0 Å². The third-order valence-corrected chi connectivity index (χ3v) is 3.96. The van der Waals surface area contributed by atoms with Gasteiger partial charge in [0.05, 0.1) is 13.4 Å². The Morgan fingerprint density at radius 1 is 1.48 bits per heavy atom. The van der Waals surface area contributed by atoms with Crippen molar-refractivity contribution in [3.8, 4) is 0 Å². The monoisotopic (exact) mass is 316 g/mol. The summed E-state index contributed by atoms with van der Waals surface area (Å²) < 4.78 is 6.79. The molecule has 0 aliphatic carbocycles. The first kappa shape index (κ1) is 15.3. The molecule has 2 N–H and O–H groups in total. The summed E-state index contributed by atoms with van der Waals surface area (Å²) in [7, 11) is 1.32. The predicted octanol–water partition coefficient (Wildman–Crippen LogP) is 0.958. The summed E-state index contributed by atoms with van der Waals surface area (Å²) in [6.45, 7) is 2.58. The second-order valence-electron chi connectivity index (χ2n) is 5.68. The second-order valence-corrected chi connectivity index (χ2v) is 5.68. The first-order valence-electron chi connectivity index (χ1n) is 7.59. The van der Waals surface area contributed by atoms with Crippen LogP contribution in [0.1, 0.15) is 23.3 Å². The fraction of sp³-hybridized carbons (Fsp3) is 0.467. The van der Waals surface area contributed by atoms with E-state index >= 15 is 0 Å². The lowest BCUT2D eigenvalue weighted by atomic mass is 9.98. The number of ether oxygens (including phenoxy) is 1. The van der Waals surface area contributed by atoms with E-state index in [1.165, 1.54) is 13.2 Å². The lowest BCUT2D eigenvalue weighted by Gasteiger charge is -2.33. The number of nitrogens with zero attached hydrogens (tertiary/aromatic N) is 5. The molecule has 1 aliphatic rings. The molecule has 3 heterocycles. The number of methoxy groups -OCH3 is 1. The molecule has 8 heteroatoms. The number of hydrogen-bond acceptors (Lipinski definition) is 7. The van der Waals surface area contributed by atoms with Gasteiger partial charge in [-0.15, -0.1) is 0 Å². The van der Waals surface area contributed by atoms with Crippen molar-refractivity contribution >= 4 is 17.7 Å². The molecule has 1 atom stereocenters. The van der Waals surface area contributed by atoms with Crippen molar-refractivity contribution < 1.29 is 9.53 Å². The Kier molecular flexibility index (Phi) is 4.40. The summed E-state index contributed by atoms with van der Waals surface area (Å²) >= 11 is 0. The number of imidazole rings is 1. The van der Waals surface area contributed by atoms with E-state index in [4.69, 9.17) is 10.5 Å². The zero-order valence-corrected chi connectivity index (χ0v) is 13.1. The number of hydrogen-bond donors (Lipinski definition) is 1. The SMILES string of the molecule is COC(=O)c1cc(N)nc(N2CCCC(Cn3ccnc3)C2)n1. The van der Waals surface area contributed by atoms with Gasteiger partial charge in [0.2, 0.25) is 5.95 Å². The highest BCUT2D eigenvalue weighted by atomic mass is 16.5. The van der Waals surface area contributed by atoms with E-state index in [0.717, 1.165) is 32.5 Å². The van der Waals surface area contributed by atoms with E-state index in [9.17, 15) is 4.79 Å². The van der Waals surface area contributed by atoms with Crippen LogP contribution in [0.2, 0.25) is 0 Å². The zero-order chi connectivity index (χ0) is 16.2. The molecule has 2 aromatic rings. The van der Waals surface area contributed by atoms with Crippen molar-refractivity contribution in [1.29, 1.82) is 0 Å². The highest BCUT2D eigenvalue weighted by molar-refractivity contribution is 5.88. The molecule has 1 fully saturated rings. The molecule has 23 heavy (non-hydrogen) atoms. The fourth-order valence-electron chi connectivity index (χ4n) is 2.89. The largest absolute Gasteiger partial charge is 0.464 e. The molecular formula is C15H20N6O2. The minimum Gasteiger partial charge on any atom is -0.464 e. The van der Waals surface area contributed by atoms with Gasteiger partial charge in [-0.2, -0.15) is 4.98 Å². The number of anilines is 2. The quantitative estimate of drug-likeness (QED) is 0.839. The molecule has 1 aliphatic heterocycles. The first-order chi connectivity index (χ1) is 11.2. The smallest absolute Gasteiger partial charge is 0.356 e. The van der Waals surface area contributed by atoms with Crippen molar-refractivity contribution in [3.63, 3.8) is 0 Å². The number of aromatic nitrogens is 4. The molecule has 0 spiro atoms. The fourth-order valence-corrected chi connectivity index (χ4v) is 2.89. The van der Waals surface area contributed by atoms with E-state index in [-0.39, 0.29) is 11.5 Å². The standard InChI is InChI=1S/C15H20N6O2/c1-23-14(22)12-7-13(16)19-15(18-12)21-5-2-3-11(9-21)8-20-6-4-17-10-20/h4,6-7,10-11H,2-3,5,8-9H2,1H3,(H2,16,18,19). The van der Waals surface area contributed by atoms with E-state index < -0.39 is 5.97 Å². The molecule has 1 unspecified atom stereocenters. The van der Waals surface area contributed by atoms with Crippen LogP contribution in [-0.4, -0.2) is 45.7 Å². The Hall–Kier alpha value is -2.64. The Morgan fingerprint density at radius 2 is 2.35 bits per heavy atom.